The molecule has 2 rings (SSSR count). The lowest BCUT2D eigenvalue weighted by atomic mass is 10.1. The van der Waals surface area contributed by atoms with Crippen LogP contribution in [0.5, 0.6) is 0 Å². The molecule has 0 bridgehead atoms. The third kappa shape index (κ3) is 2.48. The highest BCUT2D eigenvalue weighted by atomic mass is 16.6. The van der Waals surface area contributed by atoms with Crippen molar-refractivity contribution in [3.05, 3.63) is 51.8 Å². The van der Waals surface area contributed by atoms with Crippen molar-refractivity contribution < 1.29 is 19.6 Å². The lowest BCUT2D eigenvalue weighted by molar-refractivity contribution is -0.384. The molecule has 1 aromatic heterocycles. The number of carboxylic acid groups (broad SMARTS) is 1. The summed E-state index contributed by atoms with van der Waals surface area (Å²) in [5.74, 6) is -1.28. The number of rotatable bonds is 4. The van der Waals surface area contributed by atoms with Crippen molar-refractivity contribution in [3.8, 4) is 11.4 Å². The van der Waals surface area contributed by atoms with Crippen LogP contribution in [0, 0.1) is 10.1 Å². The van der Waals surface area contributed by atoms with Gasteiger partial charge in [0.05, 0.1) is 10.5 Å². The first-order valence-corrected chi connectivity index (χ1v) is 5.33. The molecule has 0 unspecified atom stereocenters. The van der Waals surface area contributed by atoms with Crippen molar-refractivity contribution in [1.82, 2.24) is 9.97 Å². The van der Waals surface area contributed by atoms with Crippen LogP contribution in [0.3, 0.4) is 0 Å². The normalized spacial score (nSPS) is 10.0. The highest BCUT2D eigenvalue weighted by Crippen LogP contribution is 2.20. The Morgan fingerprint density at radius 3 is 2.45 bits per heavy atom. The highest BCUT2D eigenvalue weighted by Gasteiger charge is 2.15. The Kier molecular flexibility index (Phi) is 3.47. The summed E-state index contributed by atoms with van der Waals surface area (Å²) < 4.78 is 0. The van der Waals surface area contributed by atoms with Gasteiger partial charge in [0, 0.05) is 23.9 Å². The molecule has 1 aromatic carbocycles. The average Bonchev–Trinajstić information content (AvgIpc) is 2.46. The number of nitrogens with zero attached hydrogens (tertiary/aromatic N) is 3. The maximum atomic E-state index is 11.0. The van der Waals surface area contributed by atoms with Gasteiger partial charge in [-0.15, -0.1) is 0 Å². The van der Waals surface area contributed by atoms with E-state index >= 15 is 0 Å². The minimum atomic E-state index is -1.35. The van der Waals surface area contributed by atoms with Gasteiger partial charge >= 0.3 is 5.97 Å². The number of hydrogen-bond acceptors (Lipinski definition) is 6. The standard InChI is InChI=1S/C12H7N3O5/c16-6-8-5-13-11(14-10(8)12(17)18)7-1-3-9(4-2-7)15(19)20/h1-6H,(H,17,18). The molecule has 8 heteroatoms. The summed E-state index contributed by atoms with van der Waals surface area (Å²) in [7, 11) is 0. The van der Waals surface area contributed by atoms with E-state index in [4.69, 9.17) is 5.11 Å². The number of aldehydes is 1. The molecule has 0 saturated heterocycles. The van der Waals surface area contributed by atoms with Crippen LogP contribution in [0.1, 0.15) is 20.8 Å². The summed E-state index contributed by atoms with van der Waals surface area (Å²) in [4.78, 5) is 39.3. The molecule has 0 aliphatic carbocycles. The Bertz CT molecular complexity index is 697. The van der Waals surface area contributed by atoms with E-state index in [0.29, 0.717) is 11.8 Å². The summed E-state index contributed by atoms with van der Waals surface area (Å²) in [5.41, 5.74) is -0.237. The molecule has 8 nitrogen and oxygen atoms in total. The fourth-order valence-electron chi connectivity index (χ4n) is 1.52. The number of carboxylic acids is 1. The van der Waals surface area contributed by atoms with Gasteiger partial charge in [-0.3, -0.25) is 14.9 Å². The number of carbonyl (C=O) groups is 2. The Labute approximate surface area is 111 Å². The van der Waals surface area contributed by atoms with Crippen molar-refractivity contribution in [3.63, 3.8) is 0 Å². The number of non-ortho nitro benzene ring substituents is 1. The third-order valence-corrected chi connectivity index (χ3v) is 2.48. The predicted molar refractivity (Wildman–Crippen MR) is 66.5 cm³/mol. The minimum absolute atomic E-state index is 0.0721. The van der Waals surface area contributed by atoms with Crippen molar-refractivity contribution >= 4 is 17.9 Å². The van der Waals surface area contributed by atoms with Crippen LogP contribution in [0.2, 0.25) is 0 Å². The summed E-state index contributed by atoms with van der Waals surface area (Å²) in [6, 6.07) is 5.32. The monoisotopic (exact) mass is 273 g/mol. The summed E-state index contributed by atoms with van der Waals surface area (Å²) in [6.07, 6.45) is 1.45. The SMILES string of the molecule is O=Cc1cnc(-c2ccc([N+](=O)[O-])cc2)nc1C(=O)O. The number of aromatic carboxylic acids is 1. The fraction of sp³-hybridized carbons (Fsp3) is 0. The molecule has 0 atom stereocenters. The molecule has 0 fully saturated rings. The van der Waals surface area contributed by atoms with E-state index < -0.39 is 16.6 Å². The molecule has 0 aliphatic rings. The molecule has 0 spiro atoms. The van der Waals surface area contributed by atoms with Gasteiger partial charge in [-0.2, -0.15) is 0 Å². The number of nitro benzene ring substituents is 1. The zero-order valence-corrected chi connectivity index (χ0v) is 9.89. The average molecular weight is 273 g/mol. The molecule has 0 radical (unpaired) electrons. The summed E-state index contributed by atoms with van der Waals surface area (Å²) in [5, 5.41) is 19.5. The molecule has 0 saturated carbocycles. The minimum Gasteiger partial charge on any atom is -0.476 e. The first-order valence-electron chi connectivity index (χ1n) is 5.33. The number of benzene rings is 1. The lowest BCUT2D eigenvalue weighted by Gasteiger charge is -2.03. The molecule has 2 aromatic rings. The molecule has 100 valence electrons. The van der Waals surface area contributed by atoms with Crippen molar-refractivity contribution in [2.24, 2.45) is 0 Å². The lowest BCUT2D eigenvalue weighted by Crippen LogP contribution is -2.07. The van der Waals surface area contributed by atoms with E-state index in [9.17, 15) is 19.7 Å². The van der Waals surface area contributed by atoms with Gasteiger partial charge in [-0.05, 0) is 12.1 Å². The second kappa shape index (κ2) is 5.22. The van der Waals surface area contributed by atoms with Crippen molar-refractivity contribution in [1.29, 1.82) is 0 Å². The predicted octanol–water partition coefficient (Wildman–Crippen LogP) is 1.56. The largest absolute Gasteiger partial charge is 0.476 e. The Morgan fingerprint density at radius 1 is 1.30 bits per heavy atom. The Hall–Kier alpha value is -3.16. The van der Waals surface area contributed by atoms with Crippen LogP contribution < -0.4 is 0 Å². The van der Waals surface area contributed by atoms with Gasteiger partial charge in [-0.1, -0.05) is 0 Å². The maximum absolute atomic E-state index is 11.0. The van der Waals surface area contributed by atoms with Gasteiger partial charge in [0.1, 0.15) is 0 Å². The van der Waals surface area contributed by atoms with Crippen LogP contribution in [0.25, 0.3) is 11.4 Å². The van der Waals surface area contributed by atoms with Crippen LogP contribution >= 0.6 is 0 Å². The fourth-order valence-corrected chi connectivity index (χ4v) is 1.52. The quantitative estimate of drug-likeness (QED) is 0.509. The molecule has 0 aliphatic heterocycles. The number of nitro groups is 1. The van der Waals surface area contributed by atoms with Gasteiger partial charge in [0.25, 0.3) is 5.69 Å². The van der Waals surface area contributed by atoms with Gasteiger partial charge in [-0.25, -0.2) is 14.8 Å². The topological polar surface area (TPSA) is 123 Å². The van der Waals surface area contributed by atoms with Crippen molar-refractivity contribution in [2.75, 3.05) is 0 Å². The first-order chi connectivity index (χ1) is 9.52. The van der Waals surface area contributed by atoms with Crippen LogP contribution in [0.15, 0.2) is 30.5 Å². The van der Waals surface area contributed by atoms with E-state index in [1.54, 1.807) is 0 Å². The van der Waals surface area contributed by atoms with E-state index in [2.05, 4.69) is 9.97 Å². The molecular formula is C12H7N3O5. The Morgan fingerprint density at radius 2 is 1.95 bits per heavy atom. The molecular weight excluding hydrogens is 266 g/mol. The van der Waals surface area contributed by atoms with Crippen LogP contribution in [0.4, 0.5) is 5.69 Å². The van der Waals surface area contributed by atoms with E-state index in [1.165, 1.54) is 24.3 Å². The van der Waals surface area contributed by atoms with Crippen molar-refractivity contribution in [2.45, 2.75) is 0 Å². The van der Waals surface area contributed by atoms with Crippen LogP contribution in [-0.2, 0) is 0 Å². The summed E-state index contributed by atoms with van der Waals surface area (Å²) >= 11 is 0. The zero-order chi connectivity index (χ0) is 14.7. The van der Waals surface area contributed by atoms with Gasteiger partial charge in [0.2, 0.25) is 0 Å². The third-order valence-electron chi connectivity index (χ3n) is 2.48. The zero-order valence-electron chi connectivity index (χ0n) is 9.89. The molecule has 1 N–H and O–H groups in total. The number of carbonyl (C=O) groups excluding carboxylic acids is 1. The van der Waals surface area contributed by atoms with Gasteiger partial charge in [0.15, 0.2) is 17.8 Å². The van der Waals surface area contributed by atoms with Crippen LogP contribution in [-0.4, -0.2) is 32.3 Å². The highest BCUT2D eigenvalue weighted by molar-refractivity contribution is 5.95. The second-order valence-electron chi connectivity index (χ2n) is 3.72. The summed E-state index contributed by atoms with van der Waals surface area (Å²) in [6.45, 7) is 0. The van der Waals surface area contributed by atoms with E-state index in [-0.39, 0.29) is 17.1 Å². The smallest absolute Gasteiger partial charge is 0.355 e. The molecule has 1 heterocycles. The number of aromatic nitrogens is 2. The number of hydrogen-bond donors (Lipinski definition) is 1. The first kappa shape index (κ1) is 13.3. The van der Waals surface area contributed by atoms with E-state index in [0.717, 1.165) is 6.20 Å². The van der Waals surface area contributed by atoms with Gasteiger partial charge < -0.3 is 5.11 Å². The maximum Gasteiger partial charge on any atom is 0.355 e. The second-order valence-corrected chi connectivity index (χ2v) is 3.72. The Balaban J connectivity index is 2.47. The molecule has 0 amide bonds. The van der Waals surface area contributed by atoms with E-state index in [1.807, 2.05) is 0 Å². The molecule has 20 heavy (non-hydrogen) atoms.